The summed E-state index contributed by atoms with van der Waals surface area (Å²) in [4.78, 5) is 93.3. The molecule has 0 unspecified atom stereocenters. The summed E-state index contributed by atoms with van der Waals surface area (Å²) in [5, 5.41) is 31.6. The molecule has 6 aromatic rings. The highest BCUT2D eigenvalue weighted by Gasteiger charge is 2.45. The summed E-state index contributed by atoms with van der Waals surface area (Å²) in [5.41, 5.74) is 6.44. The lowest BCUT2D eigenvalue weighted by atomic mass is 9.85. The molecule has 5 atom stereocenters. The van der Waals surface area contributed by atoms with Gasteiger partial charge in [0.2, 0.25) is 29.6 Å². The number of fused-ring (bicyclic) bond motifs is 2. The number of piperazine rings is 1. The number of unbranched alkanes of at least 4 members (excludes halogenated alkanes) is 1. The molecule has 2 saturated heterocycles. The minimum Gasteiger partial charge on any atom is -0.391 e. The Morgan fingerprint density at radius 3 is 2.35 bits per heavy atom. The van der Waals surface area contributed by atoms with Gasteiger partial charge in [-0.25, -0.2) is 24.3 Å². The largest absolute Gasteiger partial charge is 0.391 e. The lowest BCUT2D eigenvalue weighted by Gasteiger charge is -2.36. The third-order valence-electron chi connectivity index (χ3n) is 15.2. The van der Waals surface area contributed by atoms with E-state index in [-0.39, 0.29) is 55.3 Å². The molecule has 6 heterocycles. The van der Waals surface area contributed by atoms with Crippen LogP contribution < -0.4 is 26.4 Å². The van der Waals surface area contributed by atoms with Crippen LogP contribution >= 0.6 is 11.3 Å². The highest BCUT2D eigenvalue weighted by Crippen LogP contribution is 2.39. The number of hydrogen-bond acceptors (Lipinski definition) is 14. The van der Waals surface area contributed by atoms with Crippen molar-refractivity contribution in [2.24, 2.45) is 5.41 Å². The number of anilines is 3. The van der Waals surface area contributed by atoms with E-state index in [0.717, 1.165) is 45.1 Å². The average Bonchev–Trinajstić information content (AvgIpc) is 4.20. The molecule has 4 aromatic heterocycles. The van der Waals surface area contributed by atoms with E-state index in [2.05, 4.69) is 37.4 Å². The number of aliphatic hydroxyl groups excluding tert-OH is 1. The molecule has 0 bridgehead atoms. The molecule has 4 amide bonds. The molecule has 406 valence electrons. The SMILES string of the molecule is C=CCn1c(=O)c2cnc(Nc3ccc(N4CCN(C(=O)CCCCC(=O)N[C@H](C(=O)N5C[C@@H](O)C[C@@H]5C(=O)N[C@H](C)c5ccc(-c6scnc6C)cc5)C(C)(C)C)CC4)cc3)nc2n1-c1ccc2c(n1)[C@@](O)(CC)CC2. The molecule has 19 nitrogen and oxygen atoms in total. The number of benzene rings is 2. The number of nitrogens with one attached hydrogen (secondary N) is 3. The maximum absolute atomic E-state index is 14.2. The topological polar surface area (TPSA) is 233 Å². The van der Waals surface area contributed by atoms with E-state index in [9.17, 15) is 34.2 Å². The number of aryl methyl sites for hydroxylation is 2. The molecule has 3 aliphatic rings. The monoisotopic (exact) mass is 1070 g/mol. The fourth-order valence-corrected chi connectivity index (χ4v) is 11.5. The fourth-order valence-electron chi connectivity index (χ4n) is 10.7. The summed E-state index contributed by atoms with van der Waals surface area (Å²) < 4.78 is 3.18. The molecule has 2 aliphatic heterocycles. The number of likely N-dealkylation sites (tertiary alicyclic amines) is 1. The number of hydrogen-bond donors (Lipinski definition) is 5. The van der Waals surface area contributed by atoms with Gasteiger partial charge in [-0.2, -0.15) is 4.98 Å². The van der Waals surface area contributed by atoms with Gasteiger partial charge < -0.3 is 40.9 Å². The van der Waals surface area contributed by atoms with Gasteiger partial charge in [0.15, 0.2) is 11.5 Å². The number of rotatable bonds is 18. The molecule has 0 saturated carbocycles. The van der Waals surface area contributed by atoms with Gasteiger partial charge >= 0.3 is 0 Å². The normalized spacial score (nSPS) is 19.2. The zero-order valence-corrected chi connectivity index (χ0v) is 45.6. The molecule has 2 aromatic carbocycles. The first-order valence-corrected chi connectivity index (χ1v) is 27.5. The van der Waals surface area contributed by atoms with Gasteiger partial charge in [0, 0.05) is 69.6 Å². The minimum absolute atomic E-state index is 0.0200. The second-order valence-corrected chi connectivity index (χ2v) is 22.5. The van der Waals surface area contributed by atoms with Gasteiger partial charge in [-0.1, -0.05) is 64.1 Å². The van der Waals surface area contributed by atoms with Crippen LogP contribution in [0, 0.1) is 12.3 Å². The van der Waals surface area contributed by atoms with Crippen molar-refractivity contribution in [3.05, 3.63) is 118 Å². The summed E-state index contributed by atoms with van der Waals surface area (Å²) in [7, 11) is 0. The Morgan fingerprint density at radius 2 is 1.68 bits per heavy atom. The highest BCUT2D eigenvalue weighted by molar-refractivity contribution is 7.13. The molecule has 0 spiro atoms. The number of aromatic nitrogens is 6. The van der Waals surface area contributed by atoms with Crippen molar-refractivity contribution < 1.29 is 29.4 Å². The minimum atomic E-state index is -1.03. The fraction of sp³-hybridized carbons (Fsp3) is 0.456. The number of nitrogens with zero attached hydrogens (tertiary/aromatic N) is 9. The number of thiazole rings is 1. The lowest BCUT2D eigenvalue weighted by molar-refractivity contribution is -0.144. The zero-order chi connectivity index (χ0) is 54.8. The van der Waals surface area contributed by atoms with E-state index in [1.165, 1.54) is 15.8 Å². The van der Waals surface area contributed by atoms with Gasteiger partial charge in [0.1, 0.15) is 23.1 Å². The number of β-amino-alcohol motifs (C(OH)–C–C–N with tert-alkyl or cyclic N) is 1. The Morgan fingerprint density at radius 1 is 0.948 bits per heavy atom. The van der Waals surface area contributed by atoms with Crippen LogP contribution in [0.15, 0.2) is 89.8 Å². The van der Waals surface area contributed by atoms with Crippen LogP contribution in [0.25, 0.3) is 27.3 Å². The van der Waals surface area contributed by atoms with E-state index >= 15 is 0 Å². The molecule has 0 radical (unpaired) electrons. The molecular weight excluding hydrogens is 997 g/mol. The summed E-state index contributed by atoms with van der Waals surface area (Å²) in [6.45, 7) is 17.8. The van der Waals surface area contributed by atoms with Crippen LogP contribution in [0.4, 0.5) is 17.3 Å². The first kappa shape index (κ1) is 54.5. The van der Waals surface area contributed by atoms with Crippen molar-refractivity contribution in [3.8, 4) is 16.3 Å². The van der Waals surface area contributed by atoms with Crippen LogP contribution in [-0.2, 0) is 37.7 Å². The zero-order valence-electron chi connectivity index (χ0n) is 44.8. The van der Waals surface area contributed by atoms with Gasteiger partial charge in [-0.05, 0) is 98.4 Å². The van der Waals surface area contributed by atoms with Gasteiger partial charge in [-0.15, -0.1) is 17.9 Å². The number of carbonyl (C=O) groups is 4. The highest BCUT2D eigenvalue weighted by atomic mass is 32.1. The third-order valence-corrected chi connectivity index (χ3v) is 16.2. The Bertz CT molecular complexity index is 3210. The van der Waals surface area contributed by atoms with Gasteiger partial charge in [-0.3, -0.25) is 24.0 Å². The van der Waals surface area contributed by atoms with Crippen LogP contribution in [-0.4, -0.2) is 124 Å². The molecule has 2 fully saturated rings. The third kappa shape index (κ3) is 11.7. The smallest absolute Gasteiger partial charge is 0.278 e. The van der Waals surface area contributed by atoms with Gasteiger partial charge in [0.25, 0.3) is 5.56 Å². The van der Waals surface area contributed by atoms with Crippen molar-refractivity contribution in [2.75, 3.05) is 42.9 Å². The summed E-state index contributed by atoms with van der Waals surface area (Å²) >= 11 is 1.57. The van der Waals surface area contributed by atoms with Crippen LogP contribution in [0.2, 0.25) is 0 Å². The first-order chi connectivity index (χ1) is 36.8. The van der Waals surface area contributed by atoms with Crippen LogP contribution in [0.5, 0.6) is 0 Å². The number of aliphatic hydroxyl groups is 2. The molecular formula is C57H70N12O7S. The van der Waals surface area contributed by atoms with Crippen molar-refractivity contribution >= 4 is 63.3 Å². The number of carbonyl (C=O) groups excluding carboxylic acids is 4. The summed E-state index contributed by atoms with van der Waals surface area (Å²) in [6.07, 6.45) is 5.58. The Balaban J connectivity index is 0.735. The second-order valence-electron chi connectivity index (χ2n) is 21.6. The first-order valence-electron chi connectivity index (χ1n) is 26.7. The molecule has 5 N–H and O–H groups in total. The van der Waals surface area contributed by atoms with Crippen LogP contribution in [0.3, 0.4) is 0 Å². The Kier molecular flexibility index (Phi) is 16.1. The van der Waals surface area contributed by atoms with Crippen molar-refractivity contribution in [1.29, 1.82) is 0 Å². The molecule has 1 aliphatic carbocycles. The summed E-state index contributed by atoms with van der Waals surface area (Å²) in [6, 6.07) is 17.4. The maximum Gasteiger partial charge on any atom is 0.278 e. The van der Waals surface area contributed by atoms with E-state index in [4.69, 9.17) is 9.97 Å². The van der Waals surface area contributed by atoms with E-state index < -0.39 is 35.1 Å². The second kappa shape index (κ2) is 22.7. The molecule has 20 heteroatoms. The maximum atomic E-state index is 14.2. The van der Waals surface area contributed by atoms with Crippen molar-refractivity contribution in [3.63, 3.8) is 0 Å². The number of allylic oxidation sites excluding steroid dienone is 1. The van der Waals surface area contributed by atoms with Gasteiger partial charge in [0.05, 0.1) is 40.5 Å². The van der Waals surface area contributed by atoms with E-state index in [1.54, 1.807) is 22.1 Å². The molecule has 9 rings (SSSR count). The Hall–Kier alpha value is -7.29. The lowest BCUT2D eigenvalue weighted by Crippen LogP contribution is -2.57. The van der Waals surface area contributed by atoms with E-state index in [1.807, 2.05) is 113 Å². The quantitative estimate of drug-likeness (QED) is 0.0460. The predicted octanol–water partition coefficient (Wildman–Crippen LogP) is 6.46. The summed E-state index contributed by atoms with van der Waals surface area (Å²) in [5.74, 6) is -0.328. The van der Waals surface area contributed by atoms with E-state index in [0.29, 0.717) is 86.8 Å². The number of amides is 4. The predicted molar refractivity (Wildman–Crippen MR) is 297 cm³/mol. The standard InChI is InChI=1S/C57H70N12O7S/c1-8-26-68-53(74)43-32-58-55(64-51(43)69(68)45-23-18-39-24-25-57(76,9-2)49(39)62-45)61-40-19-21-41(22-20-40)65-27-29-66(30-28-65)47(72)13-11-10-12-46(71)63-50(56(5,6)7)54(75)67-33-42(70)31-44(67)52(73)60-35(3)37-14-16-38(17-15-37)48-36(4)59-34-77-48/h8,14-23,32,34-35,42,44,50,70,76H,1,9-13,24-31,33H2,2-7H3,(H,60,73)(H,63,71)(H,58,61,64)/t35-,42+,44-,50-,57-/m1/s1. The number of pyridine rings is 1. The van der Waals surface area contributed by atoms with Crippen molar-refractivity contribution in [2.45, 2.75) is 129 Å². The van der Waals surface area contributed by atoms with Crippen LogP contribution in [0.1, 0.15) is 108 Å². The average molecular weight is 1070 g/mol. The molecule has 77 heavy (non-hydrogen) atoms. The van der Waals surface area contributed by atoms with Crippen molar-refractivity contribution in [1.82, 2.24) is 49.7 Å². The Labute approximate surface area is 452 Å².